The standard InChI is InChI=1S/C17H21BFNO2/c1-10-14(12-6-11(9-20)7-13(19)8-12)15(10)18-21-16(2,3)17(4,5)22-18/h6-8,10,14-15H,1-5H3. The molecule has 1 saturated carbocycles. The smallest absolute Gasteiger partial charge is 0.403 e. The number of hydrogen-bond donors (Lipinski definition) is 0. The topological polar surface area (TPSA) is 42.2 Å². The van der Waals surface area contributed by atoms with E-state index in [9.17, 15) is 4.39 Å². The Hall–Kier alpha value is -1.38. The van der Waals surface area contributed by atoms with Crippen LogP contribution in [-0.4, -0.2) is 18.3 Å². The summed E-state index contributed by atoms with van der Waals surface area (Å²) in [5.74, 6) is 0.371. The predicted molar refractivity (Wildman–Crippen MR) is 82.9 cm³/mol. The molecule has 1 aromatic rings. The summed E-state index contributed by atoms with van der Waals surface area (Å²) < 4.78 is 25.9. The average molecular weight is 301 g/mol. The molecule has 0 radical (unpaired) electrons. The van der Waals surface area contributed by atoms with E-state index in [0.29, 0.717) is 11.5 Å². The highest BCUT2D eigenvalue weighted by atomic mass is 19.1. The van der Waals surface area contributed by atoms with Gasteiger partial charge in [-0.15, -0.1) is 0 Å². The van der Waals surface area contributed by atoms with Crippen molar-refractivity contribution >= 4 is 7.12 Å². The van der Waals surface area contributed by atoms with Gasteiger partial charge >= 0.3 is 7.12 Å². The van der Waals surface area contributed by atoms with Crippen LogP contribution in [0.2, 0.25) is 5.82 Å². The number of hydrogen-bond acceptors (Lipinski definition) is 3. The Morgan fingerprint density at radius 2 is 1.73 bits per heavy atom. The Morgan fingerprint density at radius 1 is 1.14 bits per heavy atom. The van der Waals surface area contributed by atoms with Crippen molar-refractivity contribution in [2.45, 2.75) is 57.6 Å². The van der Waals surface area contributed by atoms with Crippen molar-refractivity contribution in [2.24, 2.45) is 5.92 Å². The molecule has 5 heteroatoms. The molecular formula is C17H21BFNO2. The first-order valence-electron chi connectivity index (χ1n) is 7.72. The van der Waals surface area contributed by atoms with Crippen LogP contribution in [0.3, 0.4) is 0 Å². The van der Waals surface area contributed by atoms with Gasteiger partial charge in [-0.2, -0.15) is 5.26 Å². The maximum Gasteiger partial charge on any atom is 0.462 e. The molecule has 22 heavy (non-hydrogen) atoms. The van der Waals surface area contributed by atoms with Gasteiger partial charge in [0.15, 0.2) is 0 Å². The molecule has 3 unspecified atom stereocenters. The van der Waals surface area contributed by atoms with Crippen molar-refractivity contribution in [3.05, 3.63) is 35.1 Å². The van der Waals surface area contributed by atoms with Gasteiger partial charge in [-0.3, -0.25) is 0 Å². The van der Waals surface area contributed by atoms with Gasteiger partial charge in [0.05, 0.1) is 22.8 Å². The average Bonchev–Trinajstić information content (AvgIpc) is 3.01. The quantitative estimate of drug-likeness (QED) is 0.778. The second-order valence-electron chi connectivity index (χ2n) is 7.47. The fraction of sp³-hybridized carbons (Fsp3) is 0.588. The lowest BCUT2D eigenvalue weighted by atomic mass is 9.79. The van der Waals surface area contributed by atoms with E-state index in [1.165, 1.54) is 12.1 Å². The first-order chi connectivity index (χ1) is 10.2. The van der Waals surface area contributed by atoms with Crippen LogP contribution < -0.4 is 0 Å². The second kappa shape index (κ2) is 4.81. The number of nitrogens with zero attached hydrogens (tertiary/aromatic N) is 1. The fourth-order valence-corrected chi connectivity index (χ4v) is 3.35. The monoisotopic (exact) mass is 301 g/mol. The largest absolute Gasteiger partial charge is 0.462 e. The zero-order chi connectivity index (χ0) is 16.3. The molecule has 0 amide bonds. The van der Waals surface area contributed by atoms with Crippen LogP contribution in [0.1, 0.15) is 51.7 Å². The van der Waals surface area contributed by atoms with Gasteiger partial charge in [-0.05, 0) is 63.3 Å². The molecule has 3 atom stereocenters. The lowest BCUT2D eigenvalue weighted by Crippen LogP contribution is -2.41. The van der Waals surface area contributed by atoms with Gasteiger partial charge in [-0.1, -0.05) is 6.92 Å². The van der Waals surface area contributed by atoms with Crippen molar-refractivity contribution in [2.75, 3.05) is 0 Å². The van der Waals surface area contributed by atoms with Gasteiger partial charge in [-0.25, -0.2) is 4.39 Å². The summed E-state index contributed by atoms with van der Waals surface area (Å²) in [6.45, 7) is 10.3. The van der Waals surface area contributed by atoms with E-state index < -0.39 is 0 Å². The van der Waals surface area contributed by atoms with Gasteiger partial charge in [0.2, 0.25) is 0 Å². The summed E-state index contributed by atoms with van der Waals surface area (Å²) in [6.07, 6.45) is 0. The highest BCUT2D eigenvalue weighted by Gasteiger charge is 2.63. The molecule has 2 fully saturated rings. The normalized spacial score (nSPS) is 31.9. The first kappa shape index (κ1) is 15.5. The van der Waals surface area contributed by atoms with Crippen molar-refractivity contribution in [1.29, 1.82) is 5.26 Å². The molecule has 0 aromatic heterocycles. The van der Waals surface area contributed by atoms with Crippen LogP contribution in [-0.2, 0) is 9.31 Å². The molecule has 1 aliphatic heterocycles. The van der Waals surface area contributed by atoms with E-state index >= 15 is 0 Å². The molecule has 0 spiro atoms. The van der Waals surface area contributed by atoms with Crippen molar-refractivity contribution in [3.8, 4) is 6.07 Å². The summed E-state index contributed by atoms with van der Waals surface area (Å²) >= 11 is 0. The Morgan fingerprint density at radius 3 is 2.27 bits per heavy atom. The number of nitriles is 1. The Bertz CT molecular complexity index is 637. The van der Waals surface area contributed by atoms with Crippen LogP contribution in [0.4, 0.5) is 4.39 Å². The summed E-state index contributed by atoms with van der Waals surface area (Å²) in [7, 11) is -0.279. The second-order valence-corrected chi connectivity index (χ2v) is 7.47. The van der Waals surface area contributed by atoms with Gasteiger partial charge in [0, 0.05) is 5.82 Å². The SMILES string of the molecule is CC1C(B2OC(C)(C)C(C)(C)O2)C1c1cc(F)cc(C#N)c1. The minimum atomic E-state index is -0.360. The van der Waals surface area contributed by atoms with Crippen LogP contribution >= 0.6 is 0 Å². The molecule has 116 valence electrons. The van der Waals surface area contributed by atoms with Gasteiger partial charge in [0.1, 0.15) is 5.82 Å². The Balaban J connectivity index is 1.83. The molecule has 1 aromatic carbocycles. The van der Waals surface area contributed by atoms with E-state index in [4.69, 9.17) is 14.6 Å². The van der Waals surface area contributed by atoms with Crippen LogP contribution in [0.15, 0.2) is 18.2 Å². The first-order valence-corrected chi connectivity index (χ1v) is 7.72. The van der Waals surface area contributed by atoms with E-state index in [-0.39, 0.29) is 35.9 Å². The molecular weight excluding hydrogens is 280 g/mol. The maximum atomic E-state index is 13.7. The number of rotatable bonds is 2. The third-order valence-electron chi connectivity index (χ3n) is 5.47. The van der Waals surface area contributed by atoms with Crippen molar-refractivity contribution in [1.82, 2.24) is 0 Å². The molecule has 0 bridgehead atoms. The molecule has 3 nitrogen and oxygen atoms in total. The summed E-state index contributed by atoms with van der Waals surface area (Å²) in [4.78, 5) is 0. The Kier molecular flexibility index (Phi) is 3.39. The zero-order valence-electron chi connectivity index (χ0n) is 13.7. The zero-order valence-corrected chi connectivity index (χ0v) is 13.7. The van der Waals surface area contributed by atoms with Crippen LogP contribution in [0, 0.1) is 23.1 Å². The lowest BCUT2D eigenvalue weighted by molar-refractivity contribution is 0.00578. The fourth-order valence-electron chi connectivity index (χ4n) is 3.35. The summed E-state index contributed by atoms with van der Waals surface area (Å²) in [5.41, 5.74) is 0.514. The highest BCUT2D eigenvalue weighted by Crippen LogP contribution is 2.63. The van der Waals surface area contributed by atoms with Crippen molar-refractivity contribution in [3.63, 3.8) is 0 Å². The Labute approximate surface area is 131 Å². The minimum absolute atomic E-state index is 0.178. The maximum absolute atomic E-state index is 13.7. The number of benzene rings is 1. The van der Waals surface area contributed by atoms with Gasteiger partial charge in [0.25, 0.3) is 0 Å². The molecule has 3 rings (SSSR count). The minimum Gasteiger partial charge on any atom is -0.403 e. The highest BCUT2D eigenvalue weighted by molar-refractivity contribution is 6.49. The van der Waals surface area contributed by atoms with E-state index in [1.807, 2.05) is 33.8 Å². The molecule has 0 N–H and O–H groups in total. The third-order valence-corrected chi connectivity index (χ3v) is 5.47. The number of halogens is 1. The molecule has 1 heterocycles. The van der Waals surface area contributed by atoms with E-state index in [1.54, 1.807) is 6.07 Å². The van der Waals surface area contributed by atoms with Crippen LogP contribution in [0.25, 0.3) is 0 Å². The molecule has 1 aliphatic carbocycles. The molecule has 2 aliphatic rings. The van der Waals surface area contributed by atoms with Crippen LogP contribution in [0.5, 0.6) is 0 Å². The summed E-state index contributed by atoms with van der Waals surface area (Å²) in [6, 6.07) is 6.57. The van der Waals surface area contributed by atoms with E-state index in [2.05, 4.69) is 6.92 Å². The lowest BCUT2D eigenvalue weighted by Gasteiger charge is -2.32. The third kappa shape index (κ3) is 2.35. The molecule has 1 saturated heterocycles. The van der Waals surface area contributed by atoms with Crippen molar-refractivity contribution < 1.29 is 13.7 Å². The van der Waals surface area contributed by atoms with E-state index in [0.717, 1.165) is 5.56 Å². The predicted octanol–water partition coefficient (Wildman–Crippen LogP) is 3.89. The summed E-state index contributed by atoms with van der Waals surface area (Å²) in [5, 5.41) is 9.00. The van der Waals surface area contributed by atoms with Gasteiger partial charge < -0.3 is 9.31 Å².